The molecule has 3 nitrogen and oxygen atoms in total. The first kappa shape index (κ1) is 11.6. The van der Waals surface area contributed by atoms with Gasteiger partial charge in [-0.15, -0.1) is 0 Å². The smallest absolute Gasteiger partial charge is 0.151 e. The predicted molar refractivity (Wildman–Crippen MR) is 69.5 cm³/mol. The first-order valence-electron chi connectivity index (χ1n) is 5.07. The average molecular weight is 247 g/mol. The summed E-state index contributed by atoms with van der Waals surface area (Å²) < 4.78 is 5.13. The highest BCUT2D eigenvalue weighted by Crippen LogP contribution is 2.14. The lowest BCUT2D eigenvalue weighted by Gasteiger charge is -1.99. The minimum Gasteiger partial charge on any atom is -0.497 e. The van der Waals surface area contributed by atoms with Crippen LogP contribution in [0.15, 0.2) is 47.6 Å². The number of aliphatic imine (C=N–C) groups is 1. The van der Waals surface area contributed by atoms with E-state index in [2.05, 4.69) is 9.98 Å². The topological polar surface area (TPSA) is 34.5 Å². The third kappa shape index (κ3) is 3.29. The minimum absolute atomic E-state index is 0.602. The van der Waals surface area contributed by atoms with Gasteiger partial charge in [0.15, 0.2) is 5.82 Å². The SMILES string of the molecule is COc1cccc(C=Nc2ccc(Cl)cn2)c1. The highest BCUT2D eigenvalue weighted by atomic mass is 35.5. The minimum atomic E-state index is 0.602. The lowest BCUT2D eigenvalue weighted by atomic mass is 10.2. The predicted octanol–water partition coefficient (Wildman–Crippen LogP) is 3.49. The molecule has 0 radical (unpaired) electrons. The number of ether oxygens (including phenoxy) is 1. The van der Waals surface area contributed by atoms with Crippen LogP contribution in [0.4, 0.5) is 5.82 Å². The summed E-state index contributed by atoms with van der Waals surface area (Å²) in [5.41, 5.74) is 0.959. The third-order valence-electron chi connectivity index (χ3n) is 2.15. The van der Waals surface area contributed by atoms with Crippen molar-refractivity contribution in [1.29, 1.82) is 0 Å². The van der Waals surface area contributed by atoms with E-state index in [1.165, 1.54) is 0 Å². The van der Waals surface area contributed by atoms with Crippen LogP contribution in [-0.2, 0) is 0 Å². The van der Waals surface area contributed by atoms with Crippen molar-refractivity contribution in [2.45, 2.75) is 0 Å². The first-order valence-corrected chi connectivity index (χ1v) is 5.45. The molecule has 0 bridgehead atoms. The highest BCUT2D eigenvalue weighted by Gasteiger charge is 1.93. The van der Waals surface area contributed by atoms with Crippen molar-refractivity contribution < 1.29 is 4.74 Å². The molecule has 0 saturated carbocycles. The molecular weight excluding hydrogens is 236 g/mol. The maximum absolute atomic E-state index is 5.74. The van der Waals surface area contributed by atoms with Gasteiger partial charge in [-0.1, -0.05) is 23.7 Å². The Morgan fingerprint density at radius 1 is 1.29 bits per heavy atom. The molecule has 0 aliphatic carbocycles. The van der Waals surface area contributed by atoms with E-state index in [1.807, 2.05) is 24.3 Å². The number of aromatic nitrogens is 1. The molecule has 0 N–H and O–H groups in total. The molecule has 1 aromatic heterocycles. The molecule has 0 atom stereocenters. The molecule has 4 heteroatoms. The summed E-state index contributed by atoms with van der Waals surface area (Å²) in [5, 5.41) is 0.602. The Morgan fingerprint density at radius 2 is 2.18 bits per heavy atom. The van der Waals surface area contributed by atoms with Gasteiger partial charge >= 0.3 is 0 Å². The van der Waals surface area contributed by atoms with Crippen LogP contribution >= 0.6 is 11.6 Å². The van der Waals surface area contributed by atoms with Crippen molar-refractivity contribution >= 4 is 23.6 Å². The van der Waals surface area contributed by atoms with Crippen molar-refractivity contribution in [2.24, 2.45) is 4.99 Å². The zero-order chi connectivity index (χ0) is 12.1. The van der Waals surface area contributed by atoms with E-state index in [0.717, 1.165) is 11.3 Å². The van der Waals surface area contributed by atoms with Gasteiger partial charge in [0, 0.05) is 12.4 Å². The fourth-order valence-electron chi connectivity index (χ4n) is 1.31. The summed E-state index contributed by atoms with van der Waals surface area (Å²) in [6, 6.07) is 11.2. The monoisotopic (exact) mass is 246 g/mol. The number of halogens is 1. The van der Waals surface area contributed by atoms with Gasteiger partial charge in [0.25, 0.3) is 0 Å². The standard InChI is InChI=1S/C13H11ClN2O/c1-17-12-4-2-3-10(7-12)8-15-13-6-5-11(14)9-16-13/h2-9H,1H3. The summed E-state index contributed by atoms with van der Waals surface area (Å²) >= 11 is 5.74. The number of rotatable bonds is 3. The van der Waals surface area contributed by atoms with E-state index in [9.17, 15) is 0 Å². The van der Waals surface area contributed by atoms with Gasteiger partial charge in [-0.25, -0.2) is 9.98 Å². The van der Waals surface area contributed by atoms with Gasteiger partial charge < -0.3 is 4.74 Å². The molecule has 2 aromatic rings. The molecule has 0 aliphatic heterocycles. The van der Waals surface area contributed by atoms with Gasteiger partial charge in [0.1, 0.15) is 5.75 Å². The molecule has 17 heavy (non-hydrogen) atoms. The van der Waals surface area contributed by atoms with E-state index in [1.54, 1.807) is 31.7 Å². The molecule has 2 rings (SSSR count). The lowest BCUT2D eigenvalue weighted by molar-refractivity contribution is 0.415. The summed E-state index contributed by atoms with van der Waals surface area (Å²) in [6.07, 6.45) is 3.30. The van der Waals surface area contributed by atoms with Gasteiger partial charge in [-0.2, -0.15) is 0 Å². The first-order chi connectivity index (χ1) is 8.28. The molecule has 1 heterocycles. The zero-order valence-electron chi connectivity index (χ0n) is 9.30. The van der Waals surface area contributed by atoms with Crippen molar-refractivity contribution in [1.82, 2.24) is 4.98 Å². The molecule has 0 spiro atoms. The van der Waals surface area contributed by atoms with Gasteiger partial charge in [0.2, 0.25) is 0 Å². The van der Waals surface area contributed by atoms with E-state index in [4.69, 9.17) is 16.3 Å². The van der Waals surface area contributed by atoms with Crippen LogP contribution in [0.3, 0.4) is 0 Å². The van der Waals surface area contributed by atoms with Gasteiger partial charge in [0.05, 0.1) is 12.1 Å². The van der Waals surface area contributed by atoms with E-state index < -0.39 is 0 Å². The van der Waals surface area contributed by atoms with E-state index in [0.29, 0.717) is 10.8 Å². The fraction of sp³-hybridized carbons (Fsp3) is 0.0769. The summed E-state index contributed by atoms with van der Waals surface area (Å²) in [5.74, 6) is 1.43. The molecular formula is C13H11ClN2O. The third-order valence-corrected chi connectivity index (χ3v) is 2.38. The maximum atomic E-state index is 5.74. The number of hydrogen-bond donors (Lipinski definition) is 0. The Labute approximate surface area is 105 Å². The zero-order valence-corrected chi connectivity index (χ0v) is 10.1. The molecule has 1 aromatic carbocycles. The van der Waals surface area contributed by atoms with Crippen molar-refractivity contribution in [2.75, 3.05) is 7.11 Å². The van der Waals surface area contributed by atoms with Crippen LogP contribution in [0.5, 0.6) is 5.75 Å². The second-order valence-corrected chi connectivity index (χ2v) is 3.81. The van der Waals surface area contributed by atoms with Crippen LogP contribution in [0, 0.1) is 0 Å². The van der Waals surface area contributed by atoms with Crippen LogP contribution in [0.1, 0.15) is 5.56 Å². The Bertz CT molecular complexity index is 523. The number of nitrogens with zero attached hydrogens (tertiary/aromatic N) is 2. The van der Waals surface area contributed by atoms with Crippen LogP contribution in [0.2, 0.25) is 5.02 Å². The van der Waals surface area contributed by atoms with Crippen molar-refractivity contribution in [3.8, 4) is 5.75 Å². The molecule has 0 amide bonds. The average Bonchev–Trinajstić information content (AvgIpc) is 2.38. The maximum Gasteiger partial charge on any atom is 0.151 e. The largest absolute Gasteiger partial charge is 0.497 e. The van der Waals surface area contributed by atoms with Crippen molar-refractivity contribution in [3.63, 3.8) is 0 Å². The molecule has 0 fully saturated rings. The molecule has 0 aliphatic rings. The quantitative estimate of drug-likeness (QED) is 0.777. The van der Waals surface area contributed by atoms with E-state index >= 15 is 0 Å². The van der Waals surface area contributed by atoms with E-state index in [-0.39, 0.29) is 0 Å². The Hall–Kier alpha value is -1.87. The van der Waals surface area contributed by atoms with Crippen molar-refractivity contribution in [3.05, 3.63) is 53.2 Å². The normalized spacial score (nSPS) is 10.7. The molecule has 86 valence electrons. The Kier molecular flexibility index (Phi) is 3.73. The number of pyridine rings is 1. The fourth-order valence-corrected chi connectivity index (χ4v) is 1.42. The molecule has 0 unspecified atom stereocenters. The number of benzene rings is 1. The Balaban J connectivity index is 2.16. The Morgan fingerprint density at radius 3 is 2.88 bits per heavy atom. The lowest BCUT2D eigenvalue weighted by Crippen LogP contribution is -1.85. The summed E-state index contributed by atoms with van der Waals surface area (Å²) in [7, 11) is 1.64. The number of methoxy groups -OCH3 is 1. The number of hydrogen-bond acceptors (Lipinski definition) is 3. The summed E-state index contributed by atoms with van der Waals surface area (Å²) in [4.78, 5) is 8.32. The van der Waals surface area contributed by atoms with Crippen LogP contribution in [-0.4, -0.2) is 18.3 Å². The second-order valence-electron chi connectivity index (χ2n) is 3.37. The highest BCUT2D eigenvalue weighted by molar-refractivity contribution is 6.30. The summed E-state index contributed by atoms with van der Waals surface area (Å²) in [6.45, 7) is 0. The van der Waals surface area contributed by atoms with Gasteiger partial charge in [-0.05, 0) is 29.8 Å². The second kappa shape index (κ2) is 5.46. The molecule has 0 saturated heterocycles. The van der Waals surface area contributed by atoms with Crippen LogP contribution < -0.4 is 4.74 Å². The van der Waals surface area contributed by atoms with Crippen LogP contribution in [0.25, 0.3) is 0 Å². The van der Waals surface area contributed by atoms with Gasteiger partial charge in [-0.3, -0.25) is 0 Å².